The second-order valence-corrected chi connectivity index (χ2v) is 4.90. The number of aliphatic hydroxyl groups is 1. The SMILES string of the molecule is O=C(O)c1cc(-c2cccc(C3(CO)CC3)c2)no1. The maximum atomic E-state index is 10.8. The monoisotopic (exact) mass is 259 g/mol. The Bertz CT molecular complexity index is 628. The number of rotatable bonds is 4. The Hall–Kier alpha value is -2.14. The van der Waals surface area contributed by atoms with Crippen molar-refractivity contribution in [2.45, 2.75) is 18.3 Å². The Balaban J connectivity index is 1.96. The van der Waals surface area contributed by atoms with Crippen molar-refractivity contribution in [3.8, 4) is 11.3 Å². The average molecular weight is 259 g/mol. The largest absolute Gasteiger partial charge is 0.475 e. The molecule has 1 saturated carbocycles. The molecule has 1 aliphatic rings. The van der Waals surface area contributed by atoms with Gasteiger partial charge in [-0.05, 0) is 24.5 Å². The molecule has 2 N–H and O–H groups in total. The van der Waals surface area contributed by atoms with Crippen LogP contribution in [0.2, 0.25) is 0 Å². The van der Waals surface area contributed by atoms with Gasteiger partial charge in [0.05, 0.1) is 6.61 Å². The number of aliphatic hydroxyl groups excluding tert-OH is 1. The summed E-state index contributed by atoms with van der Waals surface area (Å²) in [6.07, 6.45) is 1.96. The van der Waals surface area contributed by atoms with Crippen molar-refractivity contribution < 1.29 is 19.5 Å². The Morgan fingerprint density at radius 3 is 2.74 bits per heavy atom. The van der Waals surface area contributed by atoms with Gasteiger partial charge in [-0.15, -0.1) is 0 Å². The molecule has 2 aromatic rings. The highest BCUT2D eigenvalue weighted by molar-refractivity contribution is 5.85. The lowest BCUT2D eigenvalue weighted by Crippen LogP contribution is -2.11. The molecule has 0 bridgehead atoms. The summed E-state index contributed by atoms with van der Waals surface area (Å²) in [7, 11) is 0. The molecule has 19 heavy (non-hydrogen) atoms. The van der Waals surface area contributed by atoms with E-state index in [9.17, 15) is 9.90 Å². The Kier molecular flexibility index (Phi) is 2.64. The molecule has 0 amide bonds. The average Bonchev–Trinajstić information content (AvgIpc) is 3.07. The maximum Gasteiger partial charge on any atom is 0.374 e. The lowest BCUT2D eigenvalue weighted by atomic mass is 9.94. The van der Waals surface area contributed by atoms with E-state index < -0.39 is 5.97 Å². The topological polar surface area (TPSA) is 83.6 Å². The van der Waals surface area contributed by atoms with Gasteiger partial charge in [0.2, 0.25) is 5.76 Å². The van der Waals surface area contributed by atoms with E-state index in [4.69, 9.17) is 9.63 Å². The van der Waals surface area contributed by atoms with Crippen LogP contribution in [0.1, 0.15) is 29.0 Å². The van der Waals surface area contributed by atoms with Crippen LogP contribution in [0.15, 0.2) is 34.9 Å². The third kappa shape index (κ3) is 2.02. The molecule has 1 aromatic heterocycles. The molecule has 0 atom stereocenters. The van der Waals surface area contributed by atoms with Gasteiger partial charge in [0.25, 0.3) is 0 Å². The van der Waals surface area contributed by atoms with Gasteiger partial charge in [-0.25, -0.2) is 4.79 Å². The lowest BCUT2D eigenvalue weighted by molar-refractivity contribution is 0.0652. The summed E-state index contributed by atoms with van der Waals surface area (Å²) in [5, 5.41) is 22.0. The molecule has 98 valence electrons. The first-order chi connectivity index (χ1) is 9.14. The number of aromatic carboxylic acids is 1. The number of carboxylic acids is 1. The van der Waals surface area contributed by atoms with Crippen LogP contribution in [-0.4, -0.2) is 27.9 Å². The van der Waals surface area contributed by atoms with Crippen molar-refractivity contribution in [3.05, 3.63) is 41.7 Å². The van der Waals surface area contributed by atoms with Gasteiger partial charge < -0.3 is 14.7 Å². The molecule has 1 heterocycles. The standard InChI is InChI=1S/C14H13NO4/c16-8-14(4-5-14)10-3-1-2-9(6-10)11-7-12(13(17)18)19-15-11/h1-3,6-7,16H,4-5,8H2,(H,17,18). The van der Waals surface area contributed by atoms with Crippen molar-refractivity contribution in [3.63, 3.8) is 0 Å². The van der Waals surface area contributed by atoms with Crippen LogP contribution in [-0.2, 0) is 5.41 Å². The fourth-order valence-corrected chi connectivity index (χ4v) is 2.21. The zero-order valence-electron chi connectivity index (χ0n) is 10.2. The highest BCUT2D eigenvalue weighted by atomic mass is 16.5. The fraction of sp³-hybridized carbons (Fsp3) is 0.286. The van der Waals surface area contributed by atoms with Crippen LogP contribution in [0.3, 0.4) is 0 Å². The minimum atomic E-state index is -1.14. The minimum absolute atomic E-state index is 0.116. The number of nitrogens with zero attached hydrogens (tertiary/aromatic N) is 1. The zero-order chi connectivity index (χ0) is 13.5. The van der Waals surface area contributed by atoms with Crippen molar-refractivity contribution >= 4 is 5.97 Å². The molecule has 3 rings (SSSR count). The van der Waals surface area contributed by atoms with Crippen LogP contribution in [0.25, 0.3) is 11.3 Å². The van der Waals surface area contributed by atoms with Gasteiger partial charge >= 0.3 is 5.97 Å². The molecule has 0 unspecified atom stereocenters. The Labute approximate surface area is 109 Å². The summed E-state index contributed by atoms with van der Waals surface area (Å²) in [5.74, 6) is -1.31. The third-order valence-electron chi connectivity index (χ3n) is 3.65. The van der Waals surface area contributed by atoms with Gasteiger partial charge in [-0.2, -0.15) is 0 Å². The first kappa shape index (κ1) is 11.9. The van der Waals surface area contributed by atoms with Crippen LogP contribution in [0.5, 0.6) is 0 Å². The zero-order valence-corrected chi connectivity index (χ0v) is 10.2. The molecule has 5 nitrogen and oxygen atoms in total. The second-order valence-electron chi connectivity index (χ2n) is 4.90. The number of aromatic nitrogens is 1. The van der Waals surface area contributed by atoms with Gasteiger partial charge in [-0.1, -0.05) is 23.4 Å². The van der Waals surface area contributed by atoms with E-state index in [0.717, 1.165) is 24.0 Å². The quantitative estimate of drug-likeness (QED) is 0.878. The van der Waals surface area contributed by atoms with E-state index in [0.29, 0.717) is 5.69 Å². The summed E-state index contributed by atoms with van der Waals surface area (Å²) in [4.78, 5) is 10.8. The summed E-state index contributed by atoms with van der Waals surface area (Å²) in [6, 6.07) is 9.05. The summed E-state index contributed by atoms with van der Waals surface area (Å²) in [5.41, 5.74) is 2.24. The van der Waals surface area contributed by atoms with Gasteiger partial charge in [0.1, 0.15) is 5.69 Å². The summed E-state index contributed by atoms with van der Waals surface area (Å²) < 4.78 is 4.75. The summed E-state index contributed by atoms with van der Waals surface area (Å²) >= 11 is 0. The molecule has 0 radical (unpaired) electrons. The van der Waals surface area contributed by atoms with E-state index in [1.165, 1.54) is 6.07 Å². The number of carboxylic acid groups (broad SMARTS) is 1. The van der Waals surface area contributed by atoms with Gasteiger partial charge in [0.15, 0.2) is 0 Å². The predicted octanol–water partition coefficient (Wildman–Crippen LogP) is 2.06. The van der Waals surface area contributed by atoms with E-state index in [2.05, 4.69) is 5.16 Å². The molecule has 1 fully saturated rings. The van der Waals surface area contributed by atoms with Crippen molar-refractivity contribution in [2.75, 3.05) is 6.61 Å². The first-order valence-corrected chi connectivity index (χ1v) is 6.06. The molecular formula is C14H13NO4. The van der Waals surface area contributed by atoms with Crippen molar-refractivity contribution in [1.82, 2.24) is 5.16 Å². The molecular weight excluding hydrogens is 246 g/mol. The van der Waals surface area contributed by atoms with E-state index >= 15 is 0 Å². The smallest absolute Gasteiger partial charge is 0.374 e. The van der Waals surface area contributed by atoms with Crippen LogP contribution < -0.4 is 0 Å². The van der Waals surface area contributed by atoms with E-state index in [1.54, 1.807) is 0 Å². The van der Waals surface area contributed by atoms with E-state index in [1.807, 2.05) is 24.3 Å². The second kappa shape index (κ2) is 4.20. The highest BCUT2D eigenvalue weighted by Gasteiger charge is 2.43. The van der Waals surface area contributed by atoms with Crippen LogP contribution in [0.4, 0.5) is 0 Å². The fourth-order valence-electron chi connectivity index (χ4n) is 2.21. The van der Waals surface area contributed by atoms with Gasteiger partial charge in [-0.3, -0.25) is 0 Å². The lowest BCUT2D eigenvalue weighted by Gasteiger charge is -2.12. The number of hydrogen-bond acceptors (Lipinski definition) is 4. The first-order valence-electron chi connectivity index (χ1n) is 6.06. The molecule has 5 heteroatoms. The highest BCUT2D eigenvalue weighted by Crippen LogP contribution is 2.48. The third-order valence-corrected chi connectivity index (χ3v) is 3.65. The number of carbonyl (C=O) groups is 1. The number of hydrogen-bond donors (Lipinski definition) is 2. The molecule has 1 aromatic carbocycles. The Morgan fingerprint density at radius 2 is 2.16 bits per heavy atom. The predicted molar refractivity (Wildman–Crippen MR) is 66.9 cm³/mol. The molecule has 0 saturated heterocycles. The van der Waals surface area contributed by atoms with Crippen LogP contribution in [0, 0.1) is 0 Å². The number of benzene rings is 1. The summed E-state index contributed by atoms with van der Waals surface area (Å²) in [6.45, 7) is 0.135. The normalized spacial score (nSPS) is 16.3. The molecule has 0 spiro atoms. The van der Waals surface area contributed by atoms with Crippen LogP contribution >= 0.6 is 0 Å². The van der Waals surface area contributed by atoms with Crippen molar-refractivity contribution in [1.29, 1.82) is 0 Å². The van der Waals surface area contributed by atoms with Crippen molar-refractivity contribution in [2.24, 2.45) is 0 Å². The Morgan fingerprint density at radius 1 is 1.37 bits per heavy atom. The van der Waals surface area contributed by atoms with E-state index in [-0.39, 0.29) is 17.8 Å². The molecule has 1 aliphatic carbocycles. The maximum absolute atomic E-state index is 10.8. The van der Waals surface area contributed by atoms with Gasteiger partial charge in [0, 0.05) is 17.0 Å². The minimum Gasteiger partial charge on any atom is -0.475 e. The molecule has 0 aliphatic heterocycles.